The Balaban J connectivity index is 1.82. The smallest absolute Gasteiger partial charge is 0.147 e. The molecule has 1 fully saturated rings. The summed E-state index contributed by atoms with van der Waals surface area (Å²) in [7, 11) is 0. The van der Waals surface area contributed by atoms with Crippen molar-refractivity contribution >= 4 is 5.69 Å². The predicted molar refractivity (Wildman–Crippen MR) is 74.4 cm³/mol. The molecule has 0 aromatic heterocycles. The number of hydrogen-bond acceptors (Lipinski definition) is 3. The molecule has 0 aliphatic carbocycles. The molecule has 1 aromatic carbocycles. The highest BCUT2D eigenvalue weighted by Crippen LogP contribution is 2.16. The van der Waals surface area contributed by atoms with Gasteiger partial charge in [-0.15, -0.1) is 0 Å². The van der Waals surface area contributed by atoms with Crippen molar-refractivity contribution < 1.29 is 4.39 Å². The van der Waals surface area contributed by atoms with Crippen molar-refractivity contribution in [2.45, 2.75) is 19.8 Å². The molecule has 4 heteroatoms. The Hall–Kier alpha value is -1.60. The van der Waals surface area contributed by atoms with Crippen LogP contribution in [0, 0.1) is 23.1 Å². The summed E-state index contributed by atoms with van der Waals surface area (Å²) >= 11 is 0. The zero-order chi connectivity index (χ0) is 13.7. The van der Waals surface area contributed by atoms with Gasteiger partial charge in [0.2, 0.25) is 0 Å². The molecule has 0 amide bonds. The van der Waals surface area contributed by atoms with E-state index < -0.39 is 0 Å². The van der Waals surface area contributed by atoms with Gasteiger partial charge < -0.3 is 10.2 Å². The van der Waals surface area contributed by atoms with Crippen LogP contribution in [0.1, 0.15) is 25.3 Å². The number of nitriles is 1. The second kappa shape index (κ2) is 6.53. The van der Waals surface area contributed by atoms with Crippen molar-refractivity contribution in [2.75, 3.05) is 31.5 Å². The number of hydrogen-bond donors (Lipinski definition) is 1. The topological polar surface area (TPSA) is 39.1 Å². The first-order valence-corrected chi connectivity index (χ1v) is 6.85. The van der Waals surface area contributed by atoms with Gasteiger partial charge in [-0.05, 0) is 50.0 Å². The van der Waals surface area contributed by atoms with Gasteiger partial charge in [-0.2, -0.15) is 5.26 Å². The molecule has 1 unspecified atom stereocenters. The van der Waals surface area contributed by atoms with Gasteiger partial charge in [0.15, 0.2) is 0 Å². The van der Waals surface area contributed by atoms with E-state index in [4.69, 9.17) is 5.26 Å². The zero-order valence-electron chi connectivity index (χ0n) is 11.3. The van der Waals surface area contributed by atoms with Gasteiger partial charge in [-0.25, -0.2) is 4.39 Å². The first-order chi connectivity index (χ1) is 9.19. The maximum absolute atomic E-state index is 13.7. The van der Waals surface area contributed by atoms with E-state index >= 15 is 0 Å². The SMILES string of the molecule is CC(CNc1ccc(C#N)cc1F)CN1CCCC1. The van der Waals surface area contributed by atoms with Crippen molar-refractivity contribution in [3.8, 4) is 6.07 Å². The van der Waals surface area contributed by atoms with Crippen LogP contribution < -0.4 is 5.32 Å². The molecular weight excluding hydrogens is 241 g/mol. The number of anilines is 1. The molecule has 1 heterocycles. The van der Waals surface area contributed by atoms with Crippen molar-refractivity contribution in [3.05, 3.63) is 29.6 Å². The molecule has 0 saturated carbocycles. The van der Waals surface area contributed by atoms with Crippen LogP contribution in [0.15, 0.2) is 18.2 Å². The van der Waals surface area contributed by atoms with Gasteiger partial charge in [-0.1, -0.05) is 6.92 Å². The van der Waals surface area contributed by atoms with Gasteiger partial charge >= 0.3 is 0 Å². The lowest BCUT2D eigenvalue weighted by molar-refractivity contribution is 0.294. The van der Waals surface area contributed by atoms with E-state index in [2.05, 4.69) is 17.1 Å². The summed E-state index contributed by atoms with van der Waals surface area (Å²) in [5, 5.41) is 11.8. The molecule has 1 aromatic rings. The normalized spacial score (nSPS) is 17.1. The Morgan fingerprint density at radius 2 is 2.16 bits per heavy atom. The maximum Gasteiger partial charge on any atom is 0.147 e. The minimum atomic E-state index is -0.354. The summed E-state index contributed by atoms with van der Waals surface area (Å²) in [5.41, 5.74) is 0.834. The van der Waals surface area contributed by atoms with E-state index in [-0.39, 0.29) is 5.82 Å². The van der Waals surface area contributed by atoms with E-state index in [0.29, 0.717) is 17.2 Å². The van der Waals surface area contributed by atoms with E-state index in [0.717, 1.165) is 13.1 Å². The second-order valence-electron chi connectivity index (χ2n) is 5.30. The van der Waals surface area contributed by atoms with Crippen molar-refractivity contribution in [1.29, 1.82) is 5.26 Å². The molecule has 102 valence electrons. The standard InChI is InChI=1S/C15H20FN3/c1-12(11-19-6-2-3-7-19)10-18-15-5-4-13(9-17)8-14(15)16/h4-5,8,12,18H,2-3,6-7,10-11H2,1H3. The Labute approximate surface area is 114 Å². The number of halogens is 1. The molecule has 0 spiro atoms. The molecule has 1 saturated heterocycles. The van der Waals surface area contributed by atoms with Gasteiger partial charge in [0.25, 0.3) is 0 Å². The van der Waals surface area contributed by atoms with Crippen LogP contribution in [-0.2, 0) is 0 Å². The number of nitrogens with zero attached hydrogens (tertiary/aromatic N) is 2. The number of rotatable bonds is 5. The molecule has 1 atom stereocenters. The summed E-state index contributed by atoms with van der Waals surface area (Å²) in [5.74, 6) is 0.126. The van der Waals surface area contributed by atoms with E-state index in [1.807, 2.05) is 6.07 Å². The van der Waals surface area contributed by atoms with E-state index in [9.17, 15) is 4.39 Å². The quantitative estimate of drug-likeness (QED) is 0.886. The third-order valence-electron chi connectivity index (χ3n) is 3.51. The molecule has 1 N–H and O–H groups in total. The van der Waals surface area contributed by atoms with Crippen LogP contribution in [0.2, 0.25) is 0 Å². The molecule has 19 heavy (non-hydrogen) atoms. The summed E-state index contributed by atoms with van der Waals surface area (Å²) < 4.78 is 13.7. The lowest BCUT2D eigenvalue weighted by atomic mass is 10.1. The molecule has 1 aliphatic rings. The lowest BCUT2D eigenvalue weighted by Gasteiger charge is -2.21. The molecule has 2 rings (SSSR count). The predicted octanol–water partition coefficient (Wildman–Crippen LogP) is 2.84. The number of nitrogens with one attached hydrogen (secondary N) is 1. The van der Waals surface area contributed by atoms with Crippen LogP contribution >= 0.6 is 0 Å². The highest BCUT2D eigenvalue weighted by atomic mass is 19.1. The molecule has 3 nitrogen and oxygen atoms in total. The Bertz CT molecular complexity index is 461. The number of likely N-dealkylation sites (tertiary alicyclic amines) is 1. The van der Waals surface area contributed by atoms with Crippen LogP contribution in [-0.4, -0.2) is 31.1 Å². The Morgan fingerprint density at radius 3 is 2.79 bits per heavy atom. The van der Waals surface area contributed by atoms with Crippen molar-refractivity contribution in [3.63, 3.8) is 0 Å². The fourth-order valence-electron chi connectivity index (χ4n) is 2.48. The molecule has 1 aliphatic heterocycles. The minimum absolute atomic E-state index is 0.354. The van der Waals surface area contributed by atoms with E-state index in [1.165, 1.54) is 32.0 Å². The summed E-state index contributed by atoms with van der Waals surface area (Å²) in [4.78, 5) is 2.46. The average molecular weight is 261 g/mol. The van der Waals surface area contributed by atoms with Gasteiger partial charge in [-0.3, -0.25) is 0 Å². The summed E-state index contributed by atoms with van der Waals surface area (Å²) in [6.07, 6.45) is 2.59. The second-order valence-corrected chi connectivity index (χ2v) is 5.30. The van der Waals surface area contributed by atoms with E-state index in [1.54, 1.807) is 12.1 Å². The van der Waals surface area contributed by atoms with Crippen LogP contribution in [0.5, 0.6) is 0 Å². The summed E-state index contributed by atoms with van der Waals surface area (Å²) in [6.45, 7) is 6.36. The first-order valence-electron chi connectivity index (χ1n) is 6.85. The third-order valence-corrected chi connectivity index (χ3v) is 3.51. The molecular formula is C15H20FN3. The maximum atomic E-state index is 13.7. The van der Waals surface area contributed by atoms with Gasteiger partial charge in [0, 0.05) is 13.1 Å². The minimum Gasteiger partial charge on any atom is -0.382 e. The molecule has 0 radical (unpaired) electrons. The monoisotopic (exact) mass is 261 g/mol. The Kier molecular flexibility index (Phi) is 4.75. The Morgan fingerprint density at radius 1 is 1.42 bits per heavy atom. The highest BCUT2D eigenvalue weighted by Gasteiger charge is 2.14. The third kappa shape index (κ3) is 3.93. The lowest BCUT2D eigenvalue weighted by Crippen LogP contribution is -2.29. The van der Waals surface area contributed by atoms with Crippen LogP contribution in [0.3, 0.4) is 0 Å². The van der Waals surface area contributed by atoms with Crippen LogP contribution in [0.25, 0.3) is 0 Å². The zero-order valence-corrected chi connectivity index (χ0v) is 11.3. The van der Waals surface area contributed by atoms with Crippen LogP contribution in [0.4, 0.5) is 10.1 Å². The van der Waals surface area contributed by atoms with Crippen molar-refractivity contribution in [2.24, 2.45) is 5.92 Å². The van der Waals surface area contributed by atoms with Gasteiger partial charge in [0.05, 0.1) is 17.3 Å². The largest absolute Gasteiger partial charge is 0.382 e. The average Bonchev–Trinajstić information content (AvgIpc) is 2.90. The fraction of sp³-hybridized carbons (Fsp3) is 0.533. The molecule has 0 bridgehead atoms. The first kappa shape index (κ1) is 13.8. The fourth-order valence-corrected chi connectivity index (χ4v) is 2.48. The van der Waals surface area contributed by atoms with Crippen molar-refractivity contribution in [1.82, 2.24) is 4.90 Å². The highest BCUT2D eigenvalue weighted by molar-refractivity contribution is 5.48. The number of benzene rings is 1. The van der Waals surface area contributed by atoms with Gasteiger partial charge in [0.1, 0.15) is 5.82 Å². The summed E-state index contributed by atoms with van der Waals surface area (Å²) in [6, 6.07) is 6.48.